The van der Waals surface area contributed by atoms with Crippen molar-refractivity contribution in [1.29, 1.82) is 5.41 Å². The van der Waals surface area contributed by atoms with Crippen molar-refractivity contribution < 1.29 is 23.1 Å². The van der Waals surface area contributed by atoms with E-state index in [-0.39, 0.29) is 46.0 Å². The average Bonchev–Trinajstić information content (AvgIpc) is 3.27. The molecule has 0 spiro atoms. The summed E-state index contributed by atoms with van der Waals surface area (Å²) in [5, 5.41) is 18.3. The predicted octanol–water partition coefficient (Wildman–Crippen LogP) is 1.68. The Kier molecular flexibility index (Phi) is 8.43. The number of nitrogens with one attached hydrogen (secondary N) is 3. The number of benzene rings is 1. The zero-order chi connectivity index (χ0) is 27.2. The summed E-state index contributed by atoms with van der Waals surface area (Å²) in [6.45, 7) is -0.957. The second-order valence-electron chi connectivity index (χ2n) is 8.22. The average molecular weight is 548 g/mol. The standard InChI is InChI=1S/C23H24ClF2N9O3/c24-13-2-3-16(38-23(25)26)14(10-13)19-15(11-35(33-19)12-17(36)34-8-6-29-7-9-34)32-22(37)18(20(27)28)21-30-4-1-5-31-21/h1-5,10-11,18,23,29H,6-9,12H2,(H3,27,28)(H,32,37). The smallest absolute Gasteiger partial charge is 0.387 e. The van der Waals surface area contributed by atoms with Gasteiger partial charge in [-0.1, -0.05) is 11.6 Å². The lowest BCUT2D eigenvalue weighted by atomic mass is 10.1. The number of nitrogens with zero attached hydrogens (tertiary/aromatic N) is 5. The lowest BCUT2D eigenvalue weighted by Crippen LogP contribution is -2.47. The Balaban J connectivity index is 1.72. The molecule has 2 amide bonds. The molecule has 4 rings (SSSR count). The van der Waals surface area contributed by atoms with Crippen molar-refractivity contribution in [3.8, 4) is 17.0 Å². The number of piperazine rings is 1. The van der Waals surface area contributed by atoms with Crippen LogP contribution in [-0.2, 0) is 16.1 Å². The summed E-state index contributed by atoms with van der Waals surface area (Å²) < 4.78 is 32.2. The van der Waals surface area contributed by atoms with Gasteiger partial charge in [0, 0.05) is 55.4 Å². The lowest BCUT2D eigenvalue weighted by Gasteiger charge is -2.27. The Hall–Kier alpha value is -4.17. The molecule has 1 aliphatic rings. The molecule has 1 aliphatic heterocycles. The monoisotopic (exact) mass is 547 g/mol. The van der Waals surface area contributed by atoms with Crippen LogP contribution in [0.5, 0.6) is 5.75 Å². The van der Waals surface area contributed by atoms with E-state index in [0.717, 1.165) is 0 Å². The van der Waals surface area contributed by atoms with Gasteiger partial charge in [0.2, 0.25) is 11.8 Å². The highest BCUT2D eigenvalue weighted by Crippen LogP contribution is 2.37. The van der Waals surface area contributed by atoms with Crippen LogP contribution in [0.1, 0.15) is 11.7 Å². The second kappa shape index (κ2) is 11.9. The summed E-state index contributed by atoms with van der Waals surface area (Å²) in [6, 6.07) is 5.50. The molecule has 38 heavy (non-hydrogen) atoms. The maximum Gasteiger partial charge on any atom is 0.387 e. The number of ether oxygens (including phenoxy) is 1. The van der Waals surface area contributed by atoms with Gasteiger partial charge in [-0.2, -0.15) is 13.9 Å². The number of rotatable bonds is 9. The first kappa shape index (κ1) is 26.9. The zero-order valence-electron chi connectivity index (χ0n) is 19.9. The Labute approximate surface area is 220 Å². The van der Waals surface area contributed by atoms with E-state index in [1.165, 1.54) is 41.5 Å². The number of halogens is 3. The van der Waals surface area contributed by atoms with Gasteiger partial charge >= 0.3 is 6.61 Å². The number of alkyl halides is 2. The number of aromatic nitrogens is 4. The third-order valence-electron chi connectivity index (χ3n) is 5.62. The van der Waals surface area contributed by atoms with Gasteiger partial charge in [0.25, 0.3) is 0 Å². The van der Waals surface area contributed by atoms with Crippen LogP contribution in [0.4, 0.5) is 14.5 Å². The highest BCUT2D eigenvalue weighted by molar-refractivity contribution is 6.31. The number of hydrogen-bond donors (Lipinski definition) is 4. The Morgan fingerprint density at radius 1 is 1.24 bits per heavy atom. The van der Waals surface area contributed by atoms with Crippen molar-refractivity contribution >= 4 is 34.9 Å². The predicted molar refractivity (Wildman–Crippen MR) is 134 cm³/mol. The molecule has 1 unspecified atom stereocenters. The number of nitrogens with two attached hydrogens (primary N) is 1. The summed E-state index contributed by atoms with van der Waals surface area (Å²) in [5.74, 6) is -3.09. The first-order valence-electron chi connectivity index (χ1n) is 11.4. The fourth-order valence-electron chi connectivity index (χ4n) is 3.89. The molecule has 15 heteroatoms. The van der Waals surface area contributed by atoms with Crippen LogP contribution in [0.2, 0.25) is 5.02 Å². The molecular formula is C23H24ClF2N9O3. The lowest BCUT2D eigenvalue weighted by molar-refractivity contribution is -0.132. The maximum absolute atomic E-state index is 13.2. The number of carbonyl (C=O) groups is 2. The summed E-state index contributed by atoms with van der Waals surface area (Å²) >= 11 is 6.13. The number of amidine groups is 1. The number of carbonyl (C=O) groups excluding carboxylic acids is 2. The third-order valence-corrected chi connectivity index (χ3v) is 5.85. The normalized spacial score (nSPS) is 14.3. The first-order valence-corrected chi connectivity index (χ1v) is 11.8. The van der Waals surface area contributed by atoms with Gasteiger partial charge in [0.1, 0.15) is 29.6 Å². The Bertz CT molecular complexity index is 1320. The number of hydrogen-bond acceptors (Lipinski definition) is 8. The van der Waals surface area contributed by atoms with Gasteiger partial charge in [-0.15, -0.1) is 0 Å². The molecule has 0 radical (unpaired) electrons. The molecule has 12 nitrogen and oxygen atoms in total. The molecular weight excluding hydrogens is 524 g/mol. The molecule has 1 fully saturated rings. The largest absolute Gasteiger partial charge is 0.434 e. The molecule has 2 aromatic heterocycles. The van der Waals surface area contributed by atoms with E-state index in [2.05, 4.69) is 30.4 Å². The summed E-state index contributed by atoms with van der Waals surface area (Å²) in [6.07, 6.45) is 4.18. The van der Waals surface area contributed by atoms with E-state index < -0.39 is 24.3 Å². The van der Waals surface area contributed by atoms with Gasteiger partial charge in [-0.25, -0.2) is 9.97 Å². The Morgan fingerprint density at radius 2 is 1.95 bits per heavy atom. The van der Waals surface area contributed by atoms with Crippen LogP contribution in [0.15, 0.2) is 42.9 Å². The van der Waals surface area contributed by atoms with Crippen molar-refractivity contribution in [2.75, 3.05) is 31.5 Å². The second-order valence-corrected chi connectivity index (χ2v) is 8.66. The van der Waals surface area contributed by atoms with Crippen LogP contribution >= 0.6 is 11.6 Å². The highest BCUT2D eigenvalue weighted by atomic mass is 35.5. The summed E-state index contributed by atoms with van der Waals surface area (Å²) in [7, 11) is 0. The van der Waals surface area contributed by atoms with Gasteiger partial charge in [0.05, 0.1) is 5.69 Å². The fraction of sp³-hybridized carbons (Fsp3) is 0.304. The van der Waals surface area contributed by atoms with Gasteiger partial charge in [-0.3, -0.25) is 19.7 Å². The van der Waals surface area contributed by atoms with Gasteiger partial charge in [-0.05, 0) is 24.3 Å². The summed E-state index contributed by atoms with van der Waals surface area (Å²) in [5.41, 5.74) is 5.79. The minimum absolute atomic E-state index is 0.00944. The summed E-state index contributed by atoms with van der Waals surface area (Å²) in [4.78, 5) is 35.8. The van der Waals surface area contributed by atoms with Crippen LogP contribution in [0.3, 0.4) is 0 Å². The van der Waals surface area contributed by atoms with E-state index in [4.69, 9.17) is 22.7 Å². The minimum Gasteiger partial charge on any atom is -0.434 e. The molecule has 3 heterocycles. The molecule has 0 aliphatic carbocycles. The first-order chi connectivity index (χ1) is 18.2. The van der Waals surface area contributed by atoms with Crippen molar-refractivity contribution in [3.05, 3.63) is 53.7 Å². The van der Waals surface area contributed by atoms with E-state index in [9.17, 15) is 18.4 Å². The third kappa shape index (κ3) is 6.39. The maximum atomic E-state index is 13.2. The molecule has 5 N–H and O–H groups in total. The SMILES string of the molecule is N=C(N)C(C(=O)Nc1cn(CC(=O)N2CCNCC2)nc1-c1cc(Cl)ccc1OC(F)F)c1ncccn1. The topological polar surface area (TPSA) is 164 Å². The van der Waals surface area contributed by atoms with E-state index in [1.54, 1.807) is 11.0 Å². The van der Waals surface area contributed by atoms with E-state index >= 15 is 0 Å². The molecule has 1 aromatic carbocycles. The highest BCUT2D eigenvalue weighted by Gasteiger charge is 2.29. The van der Waals surface area contributed by atoms with E-state index in [0.29, 0.717) is 26.2 Å². The van der Waals surface area contributed by atoms with Crippen molar-refractivity contribution in [2.45, 2.75) is 19.1 Å². The molecule has 3 aromatic rings. The fourth-order valence-corrected chi connectivity index (χ4v) is 4.07. The van der Waals surface area contributed by atoms with Crippen molar-refractivity contribution in [2.24, 2.45) is 5.73 Å². The van der Waals surface area contributed by atoms with Crippen LogP contribution in [-0.4, -0.2) is 75.1 Å². The van der Waals surface area contributed by atoms with Crippen LogP contribution < -0.4 is 21.1 Å². The van der Waals surface area contributed by atoms with Gasteiger partial charge < -0.3 is 26.0 Å². The van der Waals surface area contributed by atoms with Crippen molar-refractivity contribution in [3.63, 3.8) is 0 Å². The van der Waals surface area contributed by atoms with Gasteiger partial charge in [0.15, 0.2) is 5.92 Å². The van der Waals surface area contributed by atoms with E-state index in [1.807, 2.05) is 0 Å². The molecule has 0 bridgehead atoms. The quantitative estimate of drug-likeness (QED) is 0.232. The van der Waals surface area contributed by atoms with Crippen molar-refractivity contribution in [1.82, 2.24) is 30.0 Å². The molecule has 1 atom stereocenters. The van der Waals surface area contributed by atoms with Crippen LogP contribution in [0, 0.1) is 5.41 Å². The Morgan fingerprint density at radius 3 is 2.61 bits per heavy atom. The number of anilines is 1. The molecule has 200 valence electrons. The number of amides is 2. The molecule has 0 saturated carbocycles. The minimum atomic E-state index is -3.14. The zero-order valence-corrected chi connectivity index (χ0v) is 20.7. The van der Waals surface area contributed by atoms with Crippen LogP contribution in [0.25, 0.3) is 11.3 Å². The molecule has 1 saturated heterocycles.